The topological polar surface area (TPSA) is 80.3 Å². The van der Waals surface area contributed by atoms with Crippen molar-refractivity contribution < 1.29 is 23.8 Å². The maximum atomic E-state index is 13.6. The number of ether oxygens (including phenoxy) is 3. The van der Waals surface area contributed by atoms with Gasteiger partial charge in [-0.15, -0.1) is 0 Å². The predicted molar refractivity (Wildman–Crippen MR) is 138 cm³/mol. The van der Waals surface area contributed by atoms with Gasteiger partial charge < -0.3 is 24.4 Å². The van der Waals surface area contributed by atoms with Gasteiger partial charge in [0.15, 0.2) is 17.2 Å². The summed E-state index contributed by atoms with van der Waals surface area (Å²) in [5.41, 5.74) is 3.44. The molecule has 1 N–H and O–H groups in total. The summed E-state index contributed by atoms with van der Waals surface area (Å²) in [4.78, 5) is 30.3. The Bertz CT molecular complexity index is 1410. The van der Waals surface area contributed by atoms with Crippen LogP contribution in [0.4, 0.5) is 10.5 Å². The number of amides is 3. The van der Waals surface area contributed by atoms with E-state index in [2.05, 4.69) is 5.32 Å². The lowest BCUT2D eigenvalue weighted by molar-refractivity contribution is 0.0378. The minimum absolute atomic E-state index is 0.0855. The van der Waals surface area contributed by atoms with E-state index in [4.69, 9.17) is 14.2 Å². The highest BCUT2D eigenvalue weighted by molar-refractivity contribution is 5.99. The number of para-hydroxylation sites is 1. The smallest absolute Gasteiger partial charge is 0.325 e. The number of hydrogen-bond donors (Lipinski definition) is 1. The number of anilines is 1. The fourth-order valence-corrected chi connectivity index (χ4v) is 5.73. The third-order valence-electron chi connectivity index (χ3n) is 7.54. The summed E-state index contributed by atoms with van der Waals surface area (Å²) in [6, 6.07) is 18.6. The average molecular weight is 500 g/mol. The molecule has 0 radical (unpaired) electrons. The Morgan fingerprint density at radius 1 is 1.03 bits per heavy atom. The molecule has 0 aliphatic carbocycles. The highest BCUT2D eigenvalue weighted by Gasteiger charge is 2.49. The molecule has 3 aromatic rings. The number of benzene rings is 3. The van der Waals surface area contributed by atoms with Crippen LogP contribution in [0, 0.1) is 0 Å². The van der Waals surface area contributed by atoms with E-state index in [0.717, 1.165) is 28.9 Å². The van der Waals surface area contributed by atoms with E-state index in [9.17, 15) is 9.59 Å². The molecule has 0 spiro atoms. The van der Waals surface area contributed by atoms with Crippen molar-refractivity contribution in [2.75, 3.05) is 25.7 Å². The molecule has 190 valence electrons. The molecule has 3 aliphatic heterocycles. The Kier molecular flexibility index (Phi) is 5.47. The summed E-state index contributed by atoms with van der Waals surface area (Å²) in [5, 5.41) is 3.11. The Morgan fingerprint density at radius 3 is 2.57 bits per heavy atom. The third-order valence-corrected chi connectivity index (χ3v) is 7.54. The Balaban J connectivity index is 1.27. The van der Waals surface area contributed by atoms with E-state index < -0.39 is 5.72 Å². The van der Waals surface area contributed by atoms with Gasteiger partial charge in [0.05, 0.1) is 25.9 Å². The molecule has 0 saturated carbocycles. The molecule has 3 aromatic carbocycles. The van der Waals surface area contributed by atoms with Crippen molar-refractivity contribution >= 4 is 17.6 Å². The summed E-state index contributed by atoms with van der Waals surface area (Å²) in [7, 11) is 3.23. The lowest BCUT2D eigenvalue weighted by atomic mass is 9.90. The van der Waals surface area contributed by atoms with E-state index in [1.165, 1.54) is 0 Å². The van der Waals surface area contributed by atoms with E-state index >= 15 is 0 Å². The second kappa shape index (κ2) is 8.73. The van der Waals surface area contributed by atoms with Crippen LogP contribution in [0.5, 0.6) is 17.2 Å². The molecule has 3 amide bonds. The molecular weight excluding hydrogens is 470 g/mol. The number of nitrogens with zero attached hydrogens (tertiary/aromatic N) is 2. The van der Waals surface area contributed by atoms with Crippen molar-refractivity contribution in [3.8, 4) is 17.2 Å². The van der Waals surface area contributed by atoms with Gasteiger partial charge in [-0.2, -0.15) is 0 Å². The number of carbonyl (C=O) groups excluding carboxylic acids is 2. The van der Waals surface area contributed by atoms with Crippen LogP contribution >= 0.6 is 0 Å². The van der Waals surface area contributed by atoms with Gasteiger partial charge in [-0.05, 0) is 60.9 Å². The van der Waals surface area contributed by atoms with Crippen LogP contribution in [0.3, 0.4) is 0 Å². The second-order valence-electron chi connectivity index (χ2n) is 9.86. The molecule has 8 heteroatoms. The molecule has 2 bridgehead atoms. The Labute approximate surface area is 215 Å². The molecule has 3 aliphatic rings. The van der Waals surface area contributed by atoms with Gasteiger partial charge in [-0.1, -0.05) is 24.3 Å². The van der Waals surface area contributed by atoms with Gasteiger partial charge in [-0.3, -0.25) is 9.69 Å². The number of methoxy groups -OCH3 is 2. The van der Waals surface area contributed by atoms with Gasteiger partial charge in [0.25, 0.3) is 5.91 Å². The SMILES string of the molecule is COc1cc2c(cc1OC)CN(C(=O)c1cccc(N3C(=O)NC4CC3(C)Oc3ccccc34)c1)CC2. The average Bonchev–Trinajstić information content (AvgIpc) is 2.91. The van der Waals surface area contributed by atoms with Gasteiger partial charge in [-0.25, -0.2) is 4.79 Å². The van der Waals surface area contributed by atoms with E-state index in [0.29, 0.717) is 42.3 Å². The van der Waals surface area contributed by atoms with E-state index in [-0.39, 0.29) is 18.0 Å². The van der Waals surface area contributed by atoms with Crippen molar-refractivity contribution in [2.45, 2.75) is 38.1 Å². The minimum atomic E-state index is -0.872. The zero-order chi connectivity index (χ0) is 25.7. The summed E-state index contributed by atoms with van der Waals surface area (Å²) in [6.45, 7) is 2.99. The highest BCUT2D eigenvalue weighted by atomic mass is 16.5. The molecule has 6 rings (SSSR count). The van der Waals surface area contributed by atoms with Gasteiger partial charge in [0.2, 0.25) is 0 Å². The van der Waals surface area contributed by atoms with E-state index in [1.807, 2.05) is 60.4 Å². The summed E-state index contributed by atoms with van der Waals surface area (Å²) in [6.07, 6.45) is 1.32. The maximum Gasteiger partial charge on any atom is 0.325 e. The minimum Gasteiger partial charge on any atom is -0.493 e. The lowest BCUT2D eigenvalue weighted by Gasteiger charge is -2.50. The quantitative estimate of drug-likeness (QED) is 0.564. The largest absolute Gasteiger partial charge is 0.493 e. The summed E-state index contributed by atoms with van der Waals surface area (Å²) < 4.78 is 17.3. The normalized spacial score (nSPS) is 21.8. The maximum absolute atomic E-state index is 13.6. The third kappa shape index (κ3) is 3.84. The number of hydrogen-bond acceptors (Lipinski definition) is 5. The van der Waals surface area contributed by atoms with Crippen LogP contribution in [0.1, 0.15) is 46.4 Å². The van der Waals surface area contributed by atoms with Crippen LogP contribution in [-0.2, 0) is 13.0 Å². The van der Waals surface area contributed by atoms with E-state index in [1.54, 1.807) is 31.3 Å². The molecule has 1 fully saturated rings. The molecular formula is C29H29N3O5. The molecule has 2 atom stereocenters. The van der Waals surface area contributed by atoms with Gasteiger partial charge >= 0.3 is 6.03 Å². The Hall–Kier alpha value is -4.20. The van der Waals surface area contributed by atoms with Crippen LogP contribution in [0.15, 0.2) is 60.7 Å². The van der Waals surface area contributed by atoms with Crippen LogP contribution < -0.4 is 24.4 Å². The van der Waals surface area contributed by atoms with Crippen molar-refractivity contribution in [3.05, 3.63) is 82.9 Å². The monoisotopic (exact) mass is 499 g/mol. The zero-order valence-electron chi connectivity index (χ0n) is 21.1. The fourth-order valence-electron chi connectivity index (χ4n) is 5.73. The molecule has 8 nitrogen and oxygen atoms in total. The highest BCUT2D eigenvalue weighted by Crippen LogP contribution is 2.45. The number of nitrogens with one attached hydrogen (secondary N) is 1. The van der Waals surface area contributed by atoms with Gasteiger partial charge in [0.1, 0.15) is 5.75 Å². The first-order valence-electron chi connectivity index (χ1n) is 12.4. The first kappa shape index (κ1) is 23.2. The number of urea groups is 1. The summed E-state index contributed by atoms with van der Waals surface area (Å²) >= 11 is 0. The number of fused-ring (bicyclic) bond motifs is 5. The molecule has 3 heterocycles. The molecule has 37 heavy (non-hydrogen) atoms. The first-order valence-corrected chi connectivity index (χ1v) is 12.4. The standard InChI is InChI=1S/C29H29N3O5/c1-29-16-23(22-9-4-5-10-24(22)37-29)30-28(34)32(29)21-8-6-7-19(13-21)27(33)31-12-11-18-14-25(35-2)26(36-3)15-20(18)17-31/h4-10,13-15,23H,11-12,16-17H2,1-3H3,(H,30,34). The fraction of sp³-hybridized carbons (Fsp3) is 0.310. The molecule has 1 saturated heterocycles. The molecule has 2 unspecified atom stereocenters. The van der Waals surface area contributed by atoms with Crippen molar-refractivity contribution in [1.29, 1.82) is 0 Å². The number of rotatable bonds is 4. The van der Waals surface area contributed by atoms with Gasteiger partial charge in [0, 0.05) is 30.6 Å². The second-order valence-corrected chi connectivity index (χ2v) is 9.86. The van der Waals surface area contributed by atoms with Crippen LogP contribution in [-0.4, -0.2) is 43.3 Å². The zero-order valence-corrected chi connectivity index (χ0v) is 21.1. The van der Waals surface area contributed by atoms with Crippen molar-refractivity contribution in [1.82, 2.24) is 10.2 Å². The molecule has 0 aromatic heterocycles. The van der Waals surface area contributed by atoms with Crippen LogP contribution in [0.25, 0.3) is 0 Å². The first-order chi connectivity index (χ1) is 17.9. The van der Waals surface area contributed by atoms with Crippen molar-refractivity contribution in [2.24, 2.45) is 0 Å². The predicted octanol–water partition coefficient (Wildman–Crippen LogP) is 4.67. The number of carbonyl (C=O) groups is 2. The summed E-state index contributed by atoms with van der Waals surface area (Å²) in [5.74, 6) is 2.02. The Morgan fingerprint density at radius 2 is 1.78 bits per heavy atom. The van der Waals surface area contributed by atoms with Crippen molar-refractivity contribution in [3.63, 3.8) is 0 Å². The lowest BCUT2D eigenvalue weighted by Crippen LogP contribution is -2.65. The van der Waals surface area contributed by atoms with Crippen LogP contribution in [0.2, 0.25) is 0 Å².